The monoisotopic (exact) mass is 552 g/mol. The predicted octanol–water partition coefficient (Wildman–Crippen LogP) is 10.1. The predicted molar refractivity (Wildman–Crippen MR) is 174 cm³/mol. The maximum atomic E-state index is 5.41. The second-order valence-corrected chi connectivity index (χ2v) is 10.9. The molecule has 5 aromatic carbocycles. The lowest BCUT2D eigenvalue weighted by atomic mass is 10.1. The van der Waals surface area contributed by atoms with Gasteiger partial charge in [-0.25, -0.2) is 0 Å². The van der Waals surface area contributed by atoms with Gasteiger partial charge in [-0.05, 0) is 96.4 Å². The van der Waals surface area contributed by atoms with Gasteiger partial charge in [0.15, 0.2) is 0 Å². The second-order valence-electron chi connectivity index (χ2n) is 9.82. The number of benzene rings is 5. The van der Waals surface area contributed by atoms with Gasteiger partial charge in [-0.15, -0.1) is 11.3 Å². The quantitative estimate of drug-likeness (QED) is 0.197. The van der Waals surface area contributed by atoms with E-state index in [1.165, 1.54) is 36.8 Å². The Balaban J connectivity index is 1.28. The SMILES string of the molecule is COc1ccc(N(c2ccc(OC)cc2)c2ccc3sc(/C=C/n4c5ccccc5c5ccccc54)cc3c2)cc1. The van der Waals surface area contributed by atoms with Gasteiger partial charge in [0.1, 0.15) is 11.5 Å². The molecule has 0 aliphatic carbocycles. The molecule has 2 aromatic heterocycles. The van der Waals surface area contributed by atoms with Crippen LogP contribution in [0.2, 0.25) is 0 Å². The van der Waals surface area contributed by atoms with Crippen molar-refractivity contribution in [3.05, 3.63) is 126 Å². The van der Waals surface area contributed by atoms with Gasteiger partial charge in [0.25, 0.3) is 0 Å². The molecule has 5 heteroatoms. The average Bonchev–Trinajstić information content (AvgIpc) is 3.59. The number of hydrogen-bond donors (Lipinski definition) is 0. The van der Waals surface area contributed by atoms with Crippen molar-refractivity contribution in [3.8, 4) is 11.5 Å². The summed E-state index contributed by atoms with van der Waals surface area (Å²) in [6.45, 7) is 0. The molecule has 0 aliphatic rings. The molecular formula is C36H28N2O2S. The number of nitrogens with zero attached hydrogens (tertiary/aromatic N) is 2. The maximum Gasteiger partial charge on any atom is 0.119 e. The summed E-state index contributed by atoms with van der Waals surface area (Å²) in [6.07, 6.45) is 4.41. The van der Waals surface area contributed by atoms with E-state index in [2.05, 4.69) is 119 Å². The summed E-state index contributed by atoms with van der Waals surface area (Å²) in [5, 5.41) is 3.75. The van der Waals surface area contributed by atoms with Crippen molar-refractivity contribution >= 4 is 72.6 Å². The Morgan fingerprint density at radius 2 is 1.15 bits per heavy atom. The summed E-state index contributed by atoms with van der Waals surface area (Å²) >= 11 is 1.80. The van der Waals surface area contributed by atoms with Gasteiger partial charge in [-0.2, -0.15) is 0 Å². The van der Waals surface area contributed by atoms with Crippen molar-refractivity contribution in [1.82, 2.24) is 4.57 Å². The molecule has 0 amide bonds. The third-order valence-electron chi connectivity index (χ3n) is 7.44. The highest BCUT2D eigenvalue weighted by Crippen LogP contribution is 2.39. The molecule has 200 valence electrons. The topological polar surface area (TPSA) is 26.6 Å². The lowest BCUT2D eigenvalue weighted by Crippen LogP contribution is -2.09. The van der Waals surface area contributed by atoms with Crippen LogP contribution in [0.5, 0.6) is 11.5 Å². The summed E-state index contributed by atoms with van der Waals surface area (Å²) in [5.74, 6) is 1.66. The summed E-state index contributed by atoms with van der Waals surface area (Å²) in [5.41, 5.74) is 5.61. The number of fused-ring (bicyclic) bond motifs is 4. The van der Waals surface area contributed by atoms with Crippen LogP contribution in [0.1, 0.15) is 4.88 Å². The molecule has 41 heavy (non-hydrogen) atoms. The van der Waals surface area contributed by atoms with Gasteiger partial charge in [-0.3, -0.25) is 0 Å². The smallest absolute Gasteiger partial charge is 0.119 e. The molecule has 0 N–H and O–H groups in total. The van der Waals surface area contributed by atoms with Gasteiger partial charge in [0.2, 0.25) is 0 Å². The molecule has 0 saturated heterocycles. The molecule has 0 saturated carbocycles. The first-order valence-electron chi connectivity index (χ1n) is 13.5. The van der Waals surface area contributed by atoms with E-state index in [-0.39, 0.29) is 0 Å². The number of methoxy groups -OCH3 is 2. The molecule has 2 heterocycles. The Morgan fingerprint density at radius 3 is 1.71 bits per heavy atom. The van der Waals surface area contributed by atoms with Gasteiger partial charge in [0.05, 0.1) is 25.3 Å². The molecule has 7 rings (SSSR count). The van der Waals surface area contributed by atoms with Crippen LogP contribution < -0.4 is 14.4 Å². The van der Waals surface area contributed by atoms with E-state index >= 15 is 0 Å². The molecule has 0 atom stereocenters. The van der Waals surface area contributed by atoms with Gasteiger partial charge in [-0.1, -0.05) is 36.4 Å². The second kappa shape index (κ2) is 10.5. The molecule has 0 bridgehead atoms. The maximum absolute atomic E-state index is 5.41. The fraction of sp³-hybridized carbons (Fsp3) is 0.0556. The minimum atomic E-state index is 0.830. The highest BCUT2D eigenvalue weighted by Gasteiger charge is 2.14. The minimum absolute atomic E-state index is 0.830. The van der Waals surface area contributed by atoms with E-state index in [1.807, 2.05) is 24.3 Å². The third kappa shape index (κ3) is 4.60. The lowest BCUT2D eigenvalue weighted by Gasteiger charge is -2.26. The minimum Gasteiger partial charge on any atom is -0.497 e. The first kappa shape index (κ1) is 25.0. The molecule has 0 spiro atoms. The van der Waals surface area contributed by atoms with Crippen LogP contribution in [0.3, 0.4) is 0 Å². The van der Waals surface area contributed by atoms with E-state index < -0.39 is 0 Å². The van der Waals surface area contributed by atoms with Crippen molar-refractivity contribution in [3.63, 3.8) is 0 Å². The van der Waals surface area contributed by atoms with Crippen LogP contribution in [-0.4, -0.2) is 18.8 Å². The lowest BCUT2D eigenvalue weighted by molar-refractivity contribution is 0.415. The fourth-order valence-corrected chi connectivity index (χ4v) is 6.38. The number of para-hydroxylation sites is 2. The van der Waals surface area contributed by atoms with E-state index in [4.69, 9.17) is 9.47 Å². The molecule has 4 nitrogen and oxygen atoms in total. The van der Waals surface area contributed by atoms with Crippen LogP contribution in [-0.2, 0) is 0 Å². The van der Waals surface area contributed by atoms with Crippen LogP contribution in [0.25, 0.3) is 44.2 Å². The zero-order valence-corrected chi connectivity index (χ0v) is 23.6. The zero-order chi connectivity index (χ0) is 27.8. The van der Waals surface area contributed by atoms with Crippen molar-refractivity contribution in [2.45, 2.75) is 0 Å². The number of thiophene rings is 1. The number of aromatic nitrogens is 1. The van der Waals surface area contributed by atoms with E-state index in [9.17, 15) is 0 Å². The summed E-state index contributed by atoms with van der Waals surface area (Å²) in [7, 11) is 3.38. The zero-order valence-electron chi connectivity index (χ0n) is 22.8. The Hall–Kier alpha value is -5.00. The van der Waals surface area contributed by atoms with E-state index in [1.54, 1.807) is 25.6 Å². The number of anilines is 3. The number of ether oxygens (including phenoxy) is 2. The Morgan fingerprint density at radius 1 is 0.610 bits per heavy atom. The largest absolute Gasteiger partial charge is 0.497 e. The molecule has 7 aromatic rings. The highest BCUT2D eigenvalue weighted by atomic mass is 32.1. The van der Waals surface area contributed by atoms with Crippen LogP contribution in [0.15, 0.2) is 121 Å². The van der Waals surface area contributed by atoms with Crippen molar-refractivity contribution in [2.75, 3.05) is 19.1 Å². The first-order chi connectivity index (χ1) is 20.2. The standard InChI is InChI=1S/C36H28N2O2S/c1-39-29-16-11-26(12-17-29)38(27-13-18-30(40-2)19-14-27)28-15-20-36-25(23-28)24-31(41-36)21-22-37-34-9-5-3-7-32(34)33-8-4-6-10-35(33)37/h3-24H,1-2H3/b22-21+. The normalized spacial score (nSPS) is 11.6. The van der Waals surface area contributed by atoms with Crippen LogP contribution in [0.4, 0.5) is 17.1 Å². The van der Waals surface area contributed by atoms with E-state index in [0.717, 1.165) is 28.6 Å². The summed E-state index contributed by atoms with van der Waals surface area (Å²) < 4.78 is 14.3. The summed E-state index contributed by atoms with van der Waals surface area (Å²) in [6, 6.07) is 42.4. The van der Waals surface area contributed by atoms with Crippen molar-refractivity contribution in [2.24, 2.45) is 0 Å². The van der Waals surface area contributed by atoms with Crippen LogP contribution >= 0.6 is 11.3 Å². The molecule has 0 radical (unpaired) electrons. The first-order valence-corrected chi connectivity index (χ1v) is 14.3. The molecule has 0 fully saturated rings. The van der Waals surface area contributed by atoms with Gasteiger partial charge >= 0.3 is 0 Å². The number of rotatable bonds is 7. The Labute approximate surface area is 242 Å². The van der Waals surface area contributed by atoms with E-state index in [0.29, 0.717) is 0 Å². The Kier molecular flexibility index (Phi) is 6.42. The average molecular weight is 553 g/mol. The molecule has 0 aliphatic heterocycles. The molecular weight excluding hydrogens is 524 g/mol. The third-order valence-corrected chi connectivity index (χ3v) is 8.52. The van der Waals surface area contributed by atoms with Crippen LogP contribution in [0, 0.1) is 0 Å². The van der Waals surface area contributed by atoms with Gasteiger partial charge < -0.3 is 18.9 Å². The molecule has 0 unspecified atom stereocenters. The van der Waals surface area contributed by atoms with Crippen molar-refractivity contribution in [1.29, 1.82) is 0 Å². The van der Waals surface area contributed by atoms with Crippen molar-refractivity contribution < 1.29 is 9.47 Å². The fourth-order valence-electron chi connectivity index (χ4n) is 5.44. The summed E-state index contributed by atoms with van der Waals surface area (Å²) in [4.78, 5) is 3.46. The highest BCUT2D eigenvalue weighted by molar-refractivity contribution is 7.19. The van der Waals surface area contributed by atoms with Gasteiger partial charge in [0, 0.05) is 43.6 Å². The Bertz CT molecular complexity index is 1920. The number of hydrogen-bond acceptors (Lipinski definition) is 4.